The molecule has 96 valence electrons. The minimum absolute atomic E-state index is 0.0730. The number of nitrogens with one attached hydrogen (secondary N) is 1. The molecule has 0 saturated heterocycles. The van der Waals surface area contributed by atoms with Crippen LogP contribution in [0.2, 0.25) is 0 Å². The van der Waals surface area contributed by atoms with E-state index in [1.54, 1.807) is 12.3 Å². The van der Waals surface area contributed by atoms with Crippen LogP contribution in [0.5, 0.6) is 0 Å². The molecule has 0 fully saturated rings. The van der Waals surface area contributed by atoms with Gasteiger partial charge in [-0.15, -0.1) is 0 Å². The van der Waals surface area contributed by atoms with Gasteiger partial charge in [0.15, 0.2) is 0 Å². The molecule has 1 heterocycles. The maximum atomic E-state index is 8.74. The van der Waals surface area contributed by atoms with Crippen molar-refractivity contribution >= 4 is 11.4 Å². The van der Waals surface area contributed by atoms with Crippen LogP contribution in [0.4, 0.5) is 11.4 Å². The zero-order chi connectivity index (χ0) is 13.9. The van der Waals surface area contributed by atoms with Crippen molar-refractivity contribution in [1.82, 2.24) is 4.98 Å². The number of pyridine rings is 1. The molecule has 3 heteroatoms. The summed E-state index contributed by atoms with van der Waals surface area (Å²) in [4.78, 5) is 4.06. The van der Waals surface area contributed by atoms with Gasteiger partial charge in [-0.2, -0.15) is 5.26 Å². The van der Waals surface area contributed by atoms with Crippen LogP contribution in [-0.4, -0.2) is 4.98 Å². The van der Waals surface area contributed by atoms with Gasteiger partial charge in [0.25, 0.3) is 0 Å². The van der Waals surface area contributed by atoms with Crippen molar-refractivity contribution < 1.29 is 0 Å². The van der Waals surface area contributed by atoms with Crippen LogP contribution >= 0.6 is 0 Å². The lowest BCUT2D eigenvalue weighted by atomic mass is 9.86. The van der Waals surface area contributed by atoms with E-state index in [0.29, 0.717) is 5.69 Å². The number of para-hydroxylation sites is 1. The molecule has 19 heavy (non-hydrogen) atoms. The second-order valence-corrected chi connectivity index (χ2v) is 5.46. The molecule has 0 bridgehead atoms. The van der Waals surface area contributed by atoms with Crippen molar-refractivity contribution in [2.75, 3.05) is 5.32 Å². The Hall–Kier alpha value is -2.34. The Morgan fingerprint density at radius 3 is 2.42 bits per heavy atom. The fourth-order valence-electron chi connectivity index (χ4n) is 1.94. The normalized spacial score (nSPS) is 10.8. The van der Waals surface area contributed by atoms with E-state index in [2.05, 4.69) is 43.2 Å². The molecule has 1 aromatic carbocycles. The summed E-state index contributed by atoms with van der Waals surface area (Å²) in [6.45, 7) is 6.56. The first-order chi connectivity index (χ1) is 9.00. The second-order valence-electron chi connectivity index (χ2n) is 5.46. The predicted octanol–water partition coefficient (Wildman–Crippen LogP) is 3.99. The van der Waals surface area contributed by atoms with Crippen molar-refractivity contribution in [2.24, 2.45) is 0 Å². The van der Waals surface area contributed by atoms with Gasteiger partial charge in [0.2, 0.25) is 0 Å². The lowest BCUT2D eigenvalue weighted by molar-refractivity contribution is 0.592. The van der Waals surface area contributed by atoms with Gasteiger partial charge in [0.05, 0.1) is 11.9 Å². The van der Waals surface area contributed by atoms with Crippen LogP contribution in [0.1, 0.15) is 32.0 Å². The average Bonchev–Trinajstić information content (AvgIpc) is 2.39. The molecule has 0 amide bonds. The first-order valence-corrected chi connectivity index (χ1v) is 6.23. The van der Waals surface area contributed by atoms with Crippen LogP contribution in [0.3, 0.4) is 0 Å². The summed E-state index contributed by atoms with van der Waals surface area (Å²) in [5.74, 6) is 0. The summed E-state index contributed by atoms with van der Waals surface area (Å²) in [5, 5.41) is 12.1. The first-order valence-electron chi connectivity index (χ1n) is 6.23. The highest BCUT2D eigenvalue weighted by molar-refractivity contribution is 5.64. The number of nitriles is 1. The Morgan fingerprint density at radius 2 is 1.84 bits per heavy atom. The van der Waals surface area contributed by atoms with E-state index in [4.69, 9.17) is 5.26 Å². The molecule has 0 radical (unpaired) electrons. The third kappa shape index (κ3) is 3.11. The number of rotatable bonds is 2. The van der Waals surface area contributed by atoms with E-state index in [1.807, 2.05) is 24.3 Å². The monoisotopic (exact) mass is 251 g/mol. The Balaban J connectivity index is 2.31. The maximum Gasteiger partial charge on any atom is 0.140 e. The number of anilines is 2. The summed E-state index contributed by atoms with van der Waals surface area (Å²) in [7, 11) is 0. The topological polar surface area (TPSA) is 48.7 Å². The van der Waals surface area contributed by atoms with E-state index in [9.17, 15) is 0 Å². The number of hydrogen-bond donors (Lipinski definition) is 1. The highest BCUT2D eigenvalue weighted by Crippen LogP contribution is 2.30. The van der Waals surface area contributed by atoms with E-state index < -0.39 is 0 Å². The van der Waals surface area contributed by atoms with Gasteiger partial charge >= 0.3 is 0 Å². The van der Waals surface area contributed by atoms with Crippen LogP contribution in [0.25, 0.3) is 0 Å². The Kier molecular flexibility index (Phi) is 3.52. The second kappa shape index (κ2) is 5.11. The number of aromatic nitrogens is 1. The van der Waals surface area contributed by atoms with Gasteiger partial charge in [0, 0.05) is 5.69 Å². The minimum Gasteiger partial charge on any atom is -0.354 e. The van der Waals surface area contributed by atoms with Crippen LogP contribution in [0, 0.1) is 11.3 Å². The fourth-order valence-corrected chi connectivity index (χ4v) is 1.94. The molecule has 0 aliphatic rings. The van der Waals surface area contributed by atoms with Gasteiger partial charge in [0.1, 0.15) is 11.8 Å². The zero-order valence-corrected chi connectivity index (χ0v) is 11.4. The number of benzene rings is 1. The van der Waals surface area contributed by atoms with Crippen molar-refractivity contribution in [3.63, 3.8) is 0 Å². The van der Waals surface area contributed by atoms with Gasteiger partial charge in [-0.05, 0) is 29.2 Å². The molecular formula is C16H17N3. The number of hydrogen-bond acceptors (Lipinski definition) is 3. The third-order valence-electron chi connectivity index (χ3n) is 2.89. The standard InChI is InChI=1S/C16H17N3/c1-16(2,3)14-6-4-5-7-15(14)19-13-9-8-12(10-17)18-11-13/h4-9,11,19H,1-3H3. The first kappa shape index (κ1) is 13.1. The Labute approximate surface area is 113 Å². The third-order valence-corrected chi connectivity index (χ3v) is 2.89. The van der Waals surface area contributed by atoms with E-state index in [0.717, 1.165) is 11.4 Å². The summed E-state index contributed by atoms with van der Waals surface area (Å²) in [5.41, 5.74) is 3.70. The van der Waals surface area contributed by atoms with E-state index >= 15 is 0 Å². The lowest BCUT2D eigenvalue weighted by Gasteiger charge is -2.23. The fraction of sp³-hybridized carbons (Fsp3) is 0.250. The summed E-state index contributed by atoms with van der Waals surface area (Å²) in [6.07, 6.45) is 1.68. The molecular weight excluding hydrogens is 234 g/mol. The summed E-state index contributed by atoms with van der Waals surface area (Å²) < 4.78 is 0. The average molecular weight is 251 g/mol. The molecule has 0 saturated carbocycles. The van der Waals surface area contributed by atoms with Crippen LogP contribution < -0.4 is 5.32 Å². The Bertz CT molecular complexity index is 601. The maximum absolute atomic E-state index is 8.74. The zero-order valence-electron chi connectivity index (χ0n) is 11.4. The Morgan fingerprint density at radius 1 is 1.11 bits per heavy atom. The van der Waals surface area contributed by atoms with Crippen molar-refractivity contribution in [2.45, 2.75) is 26.2 Å². The molecule has 2 aromatic rings. The molecule has 1 aromatic heterocycles. The van der Waals surface area contributed by atoms with Crippen molar-refractivity contribution in [1.29, 1.82) is 5.26 Å². The molecule has 0 aliphatic carbocycles. The van der Waals surface area contributed by atoms with Crippen LogP contribution in [0.15, 0.2) is 42.6 Å². The predicted molar refractivity (Wildman–Crippen MR) is 77.4 cm³/mol. The van der Waals surface area contributed by atoms with Gasteiger partial charge in [-0.25, -0.2) is 4.98 Å². The smallest absolute Gasteiger partial charge is 0.140 e. The van der Waals surface area contributed by atoms with Gasteiger partial charge < -0.3 is 5.32 Å². The van der Waals surface area contributed by atoms with Crippen LogP contribution in [-0.2, 0) is 5.41 Å². The highest BCUT2D eigenvalue weighted by atomic mass is 14.9. The van der Waals surface area contributed by atoms with Crippen molar-refractivity contribution in [3.8, 4) is 6.07 Å². The van der Waals surface area contributed by atoms with Crippen molar-refractivity contribution in [3.05, 3.63) is 53.9 Å². The SMILES string of the molecule is CC(C)(C)c1ccccc1Nc1ccc(C#N)nc1. The largest absolute Gasteiger partial charge is 0.354 e. The summed E-state index contributed by atoms with van der Waals surface area (Å²) >= 11 is 0. The minimum atomic E-state index is 0.0730. The molecule has 3 nitrogen and oxygen atoms in total. The quantitative estimate of drug-likeness (QED) is 0.877. The van der Waals surface area contributed by atoms with E-state index in [1.165, 1.54) is 5.56 Å². The summed E-state index contributed by atoms with van der Waals surface area (Å²) in [6, 6.07) is 13.8. The number of nitrogens with zero attached hydrogens (tertiary/aromatic N) is 2. The lowest BCUT2D eigenvalue weighted by Crippen LogP contribution is -2.13. The molecule has 0 unspecified atom stereocenters. The molecule has 1 N–H and O–H groups in total. The van der Waals surface area contributed by atoms with Gasteiger partial charge in [-0.1, -0.05) is 39.0 Å². The molecule has 2 rings (SSSR count). The molecule has 0 aliphatic heterocycles. The van der Waals surface area contributed by atoms with Gasteiger partial charge in [-0.3, -0.25) is 0 Å². The molecule has 0 atom stereocenters. The highest BCUT2D eigenvalue weighted by Gasteiger charge is 2.17. The molecule has 0 spiro atoms. The van der Waals surface area contributed by atoms with E-state index in [-0.39, 0.29) is 5.41 Å².